The summed E-state index contributed by atoms with van der Waals surface area (Å²) in [6.45, 7) is 0. The van der Waals surface area contributed by atoms with Gasteiger partial charge in [0.05, 0.1) is 12.0 Å². The van der Waals surface area contributed by atoms with E-state index in [9.17, 15) is 9.90 Å². The molecule has 58 valence electrons. The summed E-state index contributed by atoms with van der Waals surface area (Å²) in [4.78, 5) is 10.3. The second-order valence-electron chi connectivity index (χ2n) is 2.21. The summed E-state index contributed by atoms with van der Waals surface area (Å²) in [5, 5.41) is 10.3. The summed E-state index contributed by atoms with van der Waals surface area (Å²) in [7, 11) is 0. The molecule has 1 rings (SSSR count). The molecule has 3 nitrogen and oxygen atoms in total. The van der Waals surface area contributed by atoms with Gasteiger partial charge in [0.15, 0.2) is 0 Å². The third-order valence-electron chi connectivity index (χ3n) is 1.41. The zero-order valence-electron chi connectivity index (χ0n) is 6.86. The van der Waals surface area contributed by atoms with Crippen LogP contribution in [0.2, 0.25) is 0 Å². The van der Waals surface area contributed by atoms with Gasteiger partial charge in [-0.2, -0.15) is 0 Å². The molecule has 0 saturated heterocycles. The zero-order valence-corrected chi connectivity index (χ0v) is 8.86. The Bertz CT molecular complexity index is 250. The van der Waals surface area contributed by atoms with E-state index in [0.717, 1.165) is 0 Å². The fourth-order valence-electron chi connectivity index (χ4n) is 0.796. The Labute approximate surface area is 92.9 Å². The van der Waals surface area contributed by atoms with Crippen LogP contribution in [0.3, 0.4) is 0 Å². The molecule has 2 N–H and O–H groups in total. The molecule has 12 heavy (non-hydrogen) atoms. The van der Waals surface area contributed by atoms with E-state index in [-0.39, 0.29) is 29.6 Å². The molecule has 0 aliphatic rings. The van der Waals surface area contributed by atoms with Gasteiger partial charge in [0.2, 0.25) is 0 Å². The Balaban J connectivity index is 0.00000121. The van der Waals surface area contributed by atoms with E-state index >= 15 is 0 Å². The van der Waals surface area contributed by atoms with E-state index < -0.39 is 12.0 Å². The van der Waals surface area contributed by atoms with Gasteiger partial charge in [0.25, 0.3) is 0 Å². The van der Waals surface area contributed by atoms with Crippen molar-refractivity contribution in [3.63, 3.8) is 0 Å². The maximum atomic E-state index is 10.3. The van der Waals surface area contributed by atoms with Crippen LogP contribution in [-0.2, 0) is 4.79 Å². The second-order valence-corrected chi connectivity index (χ2v) is 2.21. The van der Waals surface area contributed by atoms with Crippen molar-refractivity contribution in [2.24, 2.45) is 5.73 Å². The first kappa shape index (κ1) is 11.6. The Morgan fingerprint density at radius 2 is 1.83 bits per heavy atom. The molecule has 0 radical (unpaired) electrons. The summed E-state index contributed by atoms with van der Waals surface area (Å²) in [6.07, 6.45) is 0. The normalized spacial score (nSPS) is 11.4. The van der Waals surface area contributed by atoms with E-state index in [0.29, 0.717) is 5.56 Å². The molecule has 0 unspecified atom stereocenters. The van der Waals surface area contributed by atoms with Crippen LogP contribution >= 0.6 is 0 Å². The standard InChI is InChI=1S/C8H9NO2.Na/c9-7(8(10)11)6-4-2-1-3-5-6;/h1-5,7H,9H2,(H,10,11);/q;+1/p-1/t7-;/m0./s1. The van der Waals surface area contributed by atoms with E-state index in [1.165, 1.54) is 0 Å². The number of carboxylic acid groups (broad SMARTS) is 1. The molecule has 0 aliphatic carbocycles. The SMILES string of the molecule is N[C@H](C(=O)[O-])c1ccccc1.[Na+]. The summed E-state index contributed by atoms with van der Waals surface area (Å²) in [6, 6.07) is 7.55. The minimum absolute atomic E-state index is 0. The van der Waals surface area contributed by atoms with Crippen LogP contribution in [0.15, 0.2) is 30.3 Å². The van der Waals surface area contributed by atoms with Crippen molar-refractivity contribution in [3.05, 3.63) is 35.9 Å². The largest absolute Gasteiger partial charge is 1.00 e. The molecule has 0 aromatic heterocycles. The summed E-state index contributed by atoms with van der Waals surface area (Å²) in [5.74, 6) is -1.25. The Hall–Kier alpha value is -0.350. The zero-order chi connectivity index (χ0) is 8.27. The molecule has 0 bridgehead atoms. The fraction of sp³-hybridized carbons (Fsp3) is 0.125. The van der Waals surface area contributed by atoms with Crippen LogP contribution in [0, 0.1) is 0 Å². The average Bonchev–Trinajstić information content (AvgIpc) is 2.05. The van der Waals surface area contributed by atoms with Crippen molar-refractivity contribution < 1.29 is 39.5 Å². The van der Waals surface area contributed by atoms with Crippen molar-refractivity contribution in [2.45, 2.75) is 6.04 Å². The van der Waals surface area contributed by atoms with Crippen LogP contribution in [0.1, 0.15) is 11.6 Å². The monoisotopic (exact) mass is 173 g/mol. The second kappa shape index (κ2) is 5.32. The number of nitrogens with two attached hydrogens (primary N) is 1. The number of rotatable bonds is 2. The van der Waals surface area contributed by atoms with Gasteiger partial charge >= 0.3 is 29.6 Å². The van der Waals surface area contributed by atoms with Crippen molar-refractivity contribution in [1.82, 2.24) is 0 Å². The minimum Gasteiger partial charge on any atom is -0.548 e. The van der Waals surface area contributed by atoms with Gasteiger partial charge in [-0.1, -0.05) is 30.3 Å². The van der Waals surface area contributed by atoms with Gasteiger partial charge in [-0.25, -0.2) is 0 Å². The third-order valence-corrected chi connectivity index (χ3v) is 1.41. The maximum Gasteiger partial charge on any atom is 1.00 e. The van der Waals surface area contributed by atoms with Gasteiger partial charge in [-0.3, -0.25) is 0 Å². The maximum absolute atomic E-state index is 10.3. The first-order chi connectivity index (χ1) is 5.22. The molecule has 1 aromatic carbocycles. The van der Waals surface area contributed by atoms with E-state index in [1.807, 2.05) is 0 Å². The first-order valence-electron chi connectivity index (χ1n) is 3.23. The number of aliphatic carboxylic acids is 1. The van der Waals surface area contributed by atoms with Crippen LogP contribution < -0.4 is 40.4 Å². The van der Waals surface area contributed by atoms with Crippen molar-refractivity contribution >= 4 is 5.97 Å². The number of carbonyl (C=O) groups excluding carboxylic acids is 1. The molecule has 4 heteroatoms. The minimum atomic E-state index is -1.25. The molecule has 0 heterocycles. The van der Waals surface area contributed by atoms with Gasteiger partial charge in [-0.15, -0.1) is 0 Å². The predicted octanol–water partition coefficient (Wildman–Crippen LogP) is -3.56. The number of hydrogen-bond acceptors (Lipinski definition) is 3. The molecule has 1 aromatic rings. The van der Waals surface area contributed by atoms with E-state index in [1.54, 1.807) is 30.3 Å². The van der Waals surface area contributed by atoms with Gasteiger partial charge < -0.3 is 15.6 Å². The number of hydrogen-bond donors (Lipinski definition) is 1. The molecule has 0 fully saturated rings. The van der Waals surface area contributed by atoms with Crippen LogP contribution in [0.25, 0.3) is 0 Å². The van der Waals surface area contributed by atoms with Crippen molar-refractivity contribution in [1.29, 1.82) is 0 Å². The fourth-order valence-corrected chi connectivity index (χ4v) is 0.796. The molecular formula is C8H8NNaO2. The van der Waals surface area contributed by atoms with Crippen LogP contribution in [0.5, 0.6) is 0 Å². The predicted molar refractivity (Wildman–Crippen MR) is 38.4 cm³/mol. The van der Waals surface area contributed by atoms with Gasteiger partial charge in [-0.05, 0) is 5.56 Å². The smallest absolute Gasteiger partial charge is 0.548 e. The summed E-state index contributed by atoms with van der Waals surface area (Å²) < 4.78 is 0. The Kier molecular flexibility index (Phi) is 5.17. The quantitative estimate of drug-likeness (QED) is 0.471. The molecule has 0 aliphatic heterocycles. The van der Waals surface area contributed by atoms with Crippen LogP contribution in [-0.4, -0.2) is 5.97 Å². The van der Waals surface area contributed by atoms with Gasteiger partial charge in [0.1, 0.15) is 0 Å². The van der Waals surface area contributed by atoms with E-state index in [4.69, 9.17) is 5.73 Å². The Morgan fingerprint density at radius 1 is 1.33 bits per heavy atom. The number of benzene rings is 1. The van der Waals surface area contributed by atoms with Crippen LogP contribution in [0.4, 0.5) is 0 Å². The van der Waals surface area contributed by atoms with Crippen molar-refractivity contribution in [2.75, 3.05) is 0 Å². The van der Waals surface area contributed by atoms with Crippen molar-refractivity contribution in [3.8, 4) is 0 Å². The first-order valence-corrected chi connectivity index (χ1v) is 3.23. The number of carboxylic acids is 1. The summed E-state index contributed by atoms with van der Waals surface area (Å²) >= 11 is 0. The molecule has 0 saturated carbocycles. The molecule has 1 atom stereocenters. The average molecular weight is 173 g/mol. The van der Waals surface area contributed by atoms with E-state index in [2.05, 4.69) is 0 Å². The Morgan fingerprint density at radius 3 is 2.25 bits per heavy atom. The molecule has 0 amide bonds. The van der Waals surface area contributed by atoms with Gasteiger partial charge in [0, 0.05) is 0 Å². The number of carbonyl (C=O) groups is 1. The topological polar surface area (TPSA) is 66.2 Å². The molecular weight excluding hydrogens is 165 g/mol. The summed E-state index contributed by atoms with van der Waals surface area (Å²) in [5.41, 5.74) is 5.84. The molecule has 0 spiro atoms. The third kappa shape index (κ3) is 2.95.